The van der Waals surface area contributed by atoms with Crippen LogP contribution in [0.1, 0.15) is 91.8 Å². The summed E-state index contributed by atoms with van der Waals surface area (Å²) in [7, 11) is 0. The van der Waals surface area contributed by atoms with Crippen LogP contribution in [-0.2, 0) is 23.8 Å². The highest BCUT2D eigenvalue weighted by Gasteiger charge is 2.43. The zero-order valence-electron chi connectivity index (χ0n) is 32.7. The van der Waals surface area contributed by atoms with E-state index in [9.17, 15) is 14.4 Å². The first kappa shape index (κ1) is 50.1. The molecule has 7 nitrogen and oxygen atoms in total. The summed E-state index contributed by atoms with van der Waals surface area (Å²) in [6, 6.07) is 0. The molecule has 0 aromatic carbocycles. The summed E-state index contributed by atoms with van der Waals surface area (Å²) in [5.74, 6) is 15.0. The second kappa shape index (κ2) is 26.0. The quantitative estimate of drug-likeness (QED) is 0.0630. The van der Waals surface area contributed by atoms with Crippen LogP contribution < -0.4 is 0 Å². The van der Waals surface area contributed by atoms with E-state index >= 15 is 0 Å². The molecule has 1 aromatic rings. The molecule has 1 aromatic heterocycles. The Bertz CT molecular complexity index is 1730. The molecule has 1 rings (SSSR count). The number of rotatable bonds is 18. The van der Waals surface area contributed by atoms with E-state index in [1.807, 2.05) is 58.2 Å². The van der Waals surface area contributed by atoms with Gasteiger partial charge in [-0.1, -0.05) is 99.1 Å². The van der Waals surface area contributed by atoms with Gasteiger partial charge in [-0.15, -0.1) is 30.9 Å². The minimum absolute atomic E-state index is 0.0133. The molecule has 0 aliphatic heterocycles. The van der Waals surface area contributed by atoms with Gasteiger partial charge in [-0.2, -0.15) is 0 Å². The zero-order valence-corrected chi connectivity index (χ0v) is 35.8. The van der Waals surface area contributed by atoms with Gasteiger partial charge in [0.05, 0.1) is 16.6 Å². The summed E-state index contributed by atoms with van der Waals surface area (Å²) < 4.78 is 14.7. The highest BCUT2D eigenvalue weighted by molar-refractivity contribution is 7.09. The number of Topliss-reactive ketones (excluding diaryl/α,β-unsaturated/α-hetero) is 1. The van der Waals surface area contributed by atoms with E-state index in [-0.39, 0.29) is 18.1 Å². The Morgan fingerprint density at radius 1 is 1.00 bits per heavy atom. The number of halogens is 3. The molecule has 0 fully saturated rings. The number of terminal acetylenes is 1. The van der Waals surface area contributed by atoms with Crippen LogP contribution in [0.4, 0.5) is 4.79 Å². The molecule has 0 saturated heterocycles. The van der Waals surface area contributed by atoms with Crippen molar-refractivity contribution in [2.75, 3.05) is 6.61 Å². The molecular formula is C43H52Cl3NO6S. The highest BCUT2D eigenvalue weighted by atomic mass is 35.6. The number of alkyl halides is 3. The average molecular weight is 817 g/mol. The van der Waals surface area contributed by atoms with Crippen molar-refractivity contribution < 1.29 is 28.6 Å². The molecule has 0 aliphatic carbocycles. The lowest BCUT2D eigenvalue weighted by Gasteiger charge is -2.36. The van der Waals surface area contributed by atoms with Gasteiger partial charge in [-0.3, -0.25) is 9.59 Å². The van der Waals surface area contributed by atoms with Crippen molar-refractivity contribution >= 4 is 70.1 Å². The number of ether oxygens (including phenoxy) is 3. The molecule has 0 radical (unpaired) electrons. The molecule has 0 saturated carbocycles. The SMILES string of the molecule is C#CC#CC#CC#CC.C=CC/C(C)=C\C[C@H](OC(=O)C[C@H](C)C(C)(C)C(=O)[C@H](C)[C@@H](OC(=O)OCC(Cl)(Cl)Cl)[C@@H](C)CC=C)/C(C)=C/c1csc(C)n1. The number of allylic oxidation sites excluding steroid dienone is 3. The first-order valence-corrected chi connectivity index (χ1v) is 19.2. The van der Waals surface area contributed by atoms with Gasteiger partial charge in [-0.25, -0.2) is 9.78 Å². The lowest BCUT2D eigenvalue weighted by atomic mass is 9.69. The van der Waals surface area contributed by atoms with Gasteiger partial charge in [0, 0.05) is 23.6 Å². The first-order valence-electron chi connectivity index (χ1n) is 17.2. The number of aromatic nitrogens is 1. The fraction of sp³-hybridized carbons (Fsp3) is 0.488. The Kier molecular flexibility index (Phi) is 24.1. The van der Waals surface area contributed by atoms with Crippen molar-refractivity contribution in [1.29, 1.82) is 0 Å². The number of esters is 1. The molecule has 0 unspecified atom stereocenters. The Morgan fingerprint density at radius 2 is 1.63 bits per heavy atom. The van der Waals surface area contributed by atoms with E-state index in [2.05, 4.69) is 59.6 Å². The van der Waals surface area contributed by atoms with Crippen LogP contribution in [0.15, 0.2) is 47.9 Å². The lowest BCUT2D eigenvalue weighted by Crippen LogP contribution is -2.44. The number of nitrogens with zero attached hydrogens (tertiary/aromatic N) is 1. The van der Waals surface area contributed by atoms with Crippen molar-refractivity contribution in [3.8, 4) is 47.9 Å². The van der Waals surface area contributed by atoms with Crippen molar-refractivity contribution in [2.45, 2.75) is 104 Å². The van der Waals surface area contributed by atoms with Gasteiger partial charge < -0.3 is 14.2 Å². The molecule has 0 N–H and O–H groups in total. The van der Waals surface area contributed by atoms with Crippen molar-refractivity contribution in [3.05, 3.63) is 58.6 Å². The highest BCUT2D eigenvalue weighted by Crippen LogP contribution is 2.37. The van der Waals surface area contributed by atoms with E-state index in [1.165, 1.54) is 0 Å². The molecule has 0 aliphatic rings. The Morgan fingerprint density at radius 3 is 2.17 bits per heavy atom. The van der Waals surface area contributed by atoms with Gasteiger partial charge in [-0.05, 0) is 99.5 Å². The summed E-state index contributed by atoms with van der Waals surface area (Å²) in [6.07, 6.45) is 11.7. The zero-order chi connectivity index (χ0) is 41.5. The van der Waals surface area contributed by atoms with E-state index in [0.717, 1.165) is 28.3 Å². The molecule has 0 amide bonds. The standard InChI is InChI=1S/C34H48Cl3NO6S.C9H4/c1-11-13-21(3)15-16-28(23(5)17-27-19-45-26(8)38-27)43-29(39)18-24(6)33(9,10)31(40)25(7)30(22(4)14-12-2)44-32(41)42-20-34(35,36)37;1-3-5-7-9-8-6-4-2/h11-12,15,17,19,22,24-25,28,30H,1-2,13-14,16,18,20H2,3-10H3;1H,2H3/b21-15-,23-17+;/t22-,24-,25+,28-,30-;/m0./s1. The topological polar surface area (TPSA) is 91.8 Å². The summed E-state index contributed by atoms with van der Waals surface area (Å²) in [5, 5.41) is 2.91. The second-order valence-corrected chi connectivity index (χ2v) is 16.8. The molecule has 54 heavy (non-hydrogen) atoms. The average Bonchev–Trinajstić information content (AvgIpc) is 3.51. The number of aryl methyl sites for hydroxylation is 1. The minimum atomic E-state index is -1.80. The van der Waals surface area contributed by atoms with Crippen LogP contribution in [0.2, 0.25) is 0 Å². The fourth-order valence-electron chi connectivity index (χ4n) is 5.00. The fourth-order valence-corrected chi connectivity index (χ4v) is 5.73. The summed E-state index contributed by atoms with van der Waals surface area (Å²) >= 11 is 18.6. The second-order valence-electron chi connectivity index (χ2n) is 13.2. The normalized spacial score (nSPS) is 14.1. The molecule has 0 bridgehead atoms. The minimum Gasteiger partial charge on any atom is -0.457 e. The molecule has 292 valence electrons. The van der Waals surface area contributed by atoms with Crippen LogP contribution in [0.3, 0.4) is 0 Å². The van der Waals surface area contributed by atoms with Gasteiger partial charge in [0.15, 0.2) is 0 Å². The third-order valence-electron chi connectivity index (χ3n) is 8.32. The lowest BCUT2D eigenvalue weighted by molar-refractivity contribution is -0.150. The Labute approximate surface area is 342 Å². The third kappa shape index (κ3) is 20.5. The number of ketones is 1. The van der Waals surface area contributed by atoms with Gasteiger partial charge in [0.25, 0.3) is 0 Å². The maximum atomic E-state index is 13.9. The number of carbonyl (C=O) groups is 3. The van der Waals surface area contributed by atoms with E-state index < -0.39 is 52.0 Å². The Balaban J connectivity index is 0.00000274. The van der Waals surface area contributed by atoms with Crippen LogP contribution in [0, 0.1) is 78.0 Å². The van der Waals surface area contributed by atoms with Crippen molar-refractivity contribution in [3.63, 3.8) is 0 Å². The van der Waals surface area contributed by atoms with Gasteiger partial charge in [0.2, 0.25) is 3.79 Å². The van der Waals surface area contributed by atoms with Gasteiger partial charge in [0.1, 0.15) is 24.6 Å². The predicted octanol–water partition coefficient (Wildman–Crippen LogP) is 10.7. The largest absolute Gasteiger partial charge is 0.508 e. The van der Waals surface area contributed by atoms with Crippen LogP contribution >= 0.6 is 46.1 Å². The van der Waals surface area contributed by atoms with Crippen molar-refractivity contribution in [2.24, 2.45) is 23.2 Å². The number of thiazole rings is 1. The molecule has 0 spiro atoms. The number of hydrogen-bond donors (Lipinski definition) is 0. The van der Waals surface area contributed by atoms with E-state index in [0.29, 0.717) is 12.8 Å². The van der Waals surface area contributed by atoms with E-state index in [1.54, 1.807) is 45.1 Å². The predicted molar refractivity (Wildman–Crippen MR) is 224 cm³/mol. The Hall–Kier alpha value is -3.89. The first-order chi connectivity index (χ1) is 25.2. The summed E-state index contributed by atoms with van der Waals surface area (Å²) in [6.45, 7) is 23.6. The van der Waals surface area contributed by atoms with Crippen LogP contribution in [0.25, 0.3) is 6.08 Å². The molecular weight excluding hydrogens is 765 g/mol. The van der Waals surface area contributed by atoms with Crippen LogP contribution in [-0.4, -0.2) is 45.5 Å². The molecule has 11 heteroatoms. The third-order valence-corrected chi connectivity index (χ3v) is 9.44. The molecule has 5 atom stereocenters. The monoisotopic (exact) mass is 815 g/mol. The molecule has 1 heterocycles. The maximum absolute atomic E-state index is 13.9. The number of carbonyl (C=O) groups excluding carboxylic acids is 3. The maximum Gasteiger partial charge on any atom is 0.508 e. The van der Waals surface area contributed by atoms with Crippen molar-refractivity contribution in [1.82, 2.24) is 4.98 Å². The smallest absolute Gasteiger partial charge is 0.457 e. The van der Waals surface area contributed by atoms with Gasteiger partial charge >= 0.3 is 12.1 Å². The van der Waals surface area contributed by atoms with E-state index in [4.69, 9.17) is 55.4 Å². The summed E-state index contributed by atoms with van der Waals surface area (Å²) in [4.78, 5) is 44.2. The number of hydrogen-bond acceptors (Lipinski definition) is 8. The summed E-state index contributed by atoms with van der Waals surface area (Å²) in [5.41, 5.74) is 1.84. The van der Waals surface area contributed by atoms with Crippen LogP contribution in [0.5, 0.6) is 0 Å².